The quantitative estimate of drug-likeness (QED) is 0.764. The molecule has 0 aromatic carbocycles. The summed E-state index contributed by atoms with van der Waals surface area (Å²) in [4.78, 5) is 1.80. The molecule has 6 heteroatoms. The van der Waals surface area contributed by atoms with E-state index in [0.29, 0.717) is 10.8 Å². The van der Waals surface area contributed by atoms with E-state index in [2.05, 4.69) is 15.4 Å². The van der Waals surface area contributed by atoms with E-state index in [9.17, 15) is 0 Å². The molecular formula is C8H14ClN5. The summed E-state index contributed by atoms with van der Waals surface area (Å²) in [5, 5.41) is 11.4. The zero-order chi connectivity index (χ0) is 10.8. The minimum Gasteiger partial charge on any atom is -0.339 e. The van der Waals surface area contributed by atoms with Gasteiger partial charge in [-0.25, -0.2) is 0 Å². The fourth-order valence-corrected chi connectivity index (χ4v) is 1.16. The highest BCUT2D eigenvalue weighted by molar-refractivity contribution is 6.32. The van der Waals surface area contributed by atoms with Gasteiger partial charge in [-0.15, -0.1) is 10.2 Å². The smallest absolute Gasteiger partial charge is 0.174 e. The van der Waals surface area contributed by atoms with Gasteiger partial charge in [0.1, 0.15) is 5.02 Å². The number of hydrogen-bond acceptors (Lipinski definition) is 5. The largest absolute Gasteiger partial charge is 0.339 e. The molecule has 0 aliphatic carbocycles. The van der Waals surface area contributed by atoms with Crippen LogP contribution in [-0.4, -0.2) is 28.1 Å². The molecule has 0 saturated carbocycles. The van der Waals surface area contributed by atoms with E-state index in [4.69, 9.17) is 17.3 Å². The van der Waals surface area contributed by atoms with E-state index in [1.165, 1.54) is 6.20 Å². The highest BCUT2D eigenvalue weighted by Gasteiger charge is 2.24. The molecule has 78 valence electrons. The van der Waals surface area contributed by atoms with Gasteiger partial charge < -0.3 is 10.6 Å². The van der Waals surface area contributed by atoms with E-state index >= 15 is 0 Å². The summed E-state index contributed by atoms with van der Waals surface area (Å²) in [5.74, 6) is 0.550. The molecule has 0 aliphatic rings. The molecule has 1 rings (SSSR count). The van der Waals surface area contributed by atoms with Crippen molar-refractivity contribution in [2.45, 2.75) is 25.9 Å². The number of nitrogens with two attached hydrogens (primary N) is 1. The Kier molecular flexibility index (Phi) is 3.23. The Morgan fingerprint density at radius 2 is 2.29 bits per heavy atom. The normalized spacial score (nSPS) is 14.9. The minimum atomic E-state index is -0.486. The Morgan fingerprint density at radius 3 is 2.79 bits per heavy atom. The summed E-state index contributed by atoms with van der Waals surface area (Å²) in [5.41, 5.74) is 5.55. The van der Waals surface area contributed by atoms with Crippen LogP contribution >= 0.6 is 11.6 Å². The Hall–Kier alpha value is -0.940. The third-order valence-corrected chi connectivity index (χ3v) is 2.64. The second-order valence-corrected chi connectivity index (χ2v) is 3.78. The van der Waals surface area contributed by atoms with Gasteiger partial charge in [-0.05, 0) is 18.6 Å². The zero-order valence-electron chi connectivity index (χ0n) is 8.53. The van der Waals surface area contributed by atoms with Gasteiger partial charge in [0, 0.05) is 7.05 Å². The number of anilines is 1. The molecule has 0 spiro atoms. The number of halogens is 1. The third-order valence-electron chi connectivity index (χ3n) is 2.38. The van der Waals surface area contributed by atoms with Gasteiger partial charge in [-0.3, -0.25) is 0 Å². The molecular weight excluding hydrogens is 202 g/mol. The van der Waals surface area contributed by atoms with Gasteiger partial charge in [-0.1, -0.05) is 18.5 Å². The predicted octanol–water partition coefficient (Wildman–Crippen LogP) is 1.05. The van der Waals surface area contributed by atoms with E-state index < -0.39 is 5.66 Å². The van der Waals surface area contributed by atoms with Crippen molar-refractivity contribution in [2.75, 3.05) is 11.9 Å². The van der Waals surface area contributed by atoms with Crippen LogP contribution < -0.4 is 10.6 Å². The van der Waals surface area contributed by atoms with Crippen LogP contribution in [0.4, 0.5) is 5.82 Å². The van der Waals surface area contributed by atoms with Gasteiger partial charge in [-0.2, -0.15) is 0 Å². The fourth-order valence-electron chi connectivity index (χ4n) is 0.957. The Morgan fingerprint density at radius 1 is 1.64 bits per heavy atom. The molecule has 1 heterocycles. The molecule has 0 fully saturated rings. The van der Waals surface area contributed by atoms with Crippen molar-refractivity contribution in [3.8, 4) is 0 Å². The molecule has 2 N–H and O–H groups in total. The molecule has 5 nitrogen and oxygen atoms in total. The van der Waals surface area contributed by atoms with Crippen molar-refractivity contribution in [2.24, 2.45) is 5.73 Å². The van der Waals surface area contributed by atoms with Crippen LogP contribution in [0, 0.1) is 0 Å². The Labute approximate surface area is 88.3 Å². The summed E-state index contributed by atoms with van der Waals surface area (Å²) < 4.78 is 0. The van der Waals surface area contributed by atoms with E-state index in [1.807, 2.05) is 20.9 Å². The van der Waals surface area contributed by atoms with Crippen LogP contribution in [0.3, 0.4) is 0 Å². The molecule has 0 saturated heterocycles. The van der Waals surface area contributed by atoms with Crippen molar-refractivity contribution in [3.63, 3.8) is 0 Å². The van der Waals surface area contributed by atoms with Crippen LogP contribution in [0.15, 0.2) is 6.20 Å². The monoisotopic (exact) mass is 215 g/mol. The first kappa shape index (κ1) is 11.1. The van der Waals surface area contributed by atoms with Crippen molar-refractivity contribution in [1.82, 2.24) is 15.4 Å². The maximum atomic E-state index is 6.04. The summed E-state index contributed by atoms with van der Waals surface area (Å²) in [6.07, 6.45) is 2.23. The molecule has 0 radical (unpaired) electrons. The minimum absolute atomic E-state index is 0.452. The van der Waals surface area contributed by atoms with Crippen LogP contribution in [-0.2, 0) is 0 Å². The van der Waals surface area contributed by atoms with E-state index in [1.54, 1.807) is 4.90 Å². The lowest BCUT2D eigenvalue weighted by Crippen LogP contribution is -2.52. The van der Waals surface area contributed by atoms with Gasteiger partial charge in [0.15, 0.2) is 5.82 Å². The zero-order valence-corrected chi connectivity index (χ0v) is 9.28. The lowest BCUT2D eigenvalue weighted by molar-refractivity contribution is 0.440. The molecule has 0 aliphatic heterocycles. The lowest BCUT2D eigenvalue weighted by Gasteiger charge is -2.35. The summed E-state index contributed by atoms with van der Waals surface area (Å²) >= 11 is 5.92. The first-order chi connectivity index (χ1) is 6.49. The standard InChI is InChI=1S/C8H14ClN5/c1-4-8(2,10)14(3)7-6(9)5-11-13-12-7/h5H,4,10H2,1-3H3. The molecule has 14 heavy (non-hydrogen) atoms. The van der Waals surface area contributed by atoms with Crippen molar-refractivity contribution in [1.29, 1.82) is 0 Å². The number of nitrogens with zero attached hydrogens (tertiary/aromatic N) is 4. The number of aromatic nitrogens is 3. The number of rotatable bonds is 3. The highest BCUT2D eigenvalue weighted by atomic mass is 35.5. The van der Waals surface area contributed by atoms with Gasteiger partial charge in [0.2, 0.25) is 0 Å². The molecule has 1 unspecified atom stereocenters. The second kappa shape index (κ2) is 4.06. The third kappa shape index (κ3) is 2.10. The molecule has 0 bridgehead atoms. The van der Waals surface area contributed by atoms with Gasteiger partial charge >= 0.3 is 0 Å². The molecule has 1 atom stereocenters. The van der Waals surface area contributed by atoms with Gasteiger partial charge in [0.05, 0.1) is 11.9 Å². The summed E-state index contributed by atoms with van der Waals surface area (Å²) in [7, 11) is 1.83. The van der Waals surface area contributed by atoms with E-state index in [0.717, 1.165) is 6.42 Å². The van der Waals surface area contributed by atoms with Crippen LogP contribution in [0.2, 0.25) is 5.02 Å². The summed E-state index contributed by atoms with van der Waals surface area (Å²) in [6.45, 7) is 3.91. The predicted molar refractivity (Wildman–Crippen MR) is 56.1 cm³/mol. The van der Waals surface area contributed by atoms with Crippen molar-refractivity contribution < 1.29 is 0 Å². The maximum absolute atomic E-state index is 6.04. The molecule has 1 aromatic rings. The topological polar surface area (TPSA) is 67.9 Å². The maximum Gasteiger partial charge on any atom is 0.174 e. The van der Waals surface area contributed by atoms with Gasteiger partial charge in [0.25, 0.3) is 0 Å². The van der Waals surface area contributed by atoms with Crippen molar-refractivity contribution in [3.05, 3.63) is 11.2 Å². The highest BCUT2D eigenvalue weighted by Crippen LogP contribution is 2.24. The van der Waals surface area contributed by atoms with Crippen LogP contribution in [0.25, 0.3) is 0 Å². The Bertz CT molecular complexity index is 314. The Balaban J connectivity index is 3.00. The molecule has 1 aromatic heterocycles. The fraction of sp³-hybridized carbons (Fsp3) is 0.625. The van der Waals surface area contributed by atoms with Crippen LogP contribution in [0.1, 0.15) is 20.3 Å². The number of hydrogen-bond donors (Lipinski definition) is 1. The lowest BCUT2D eigenvalue weighted by atomic mass is 10.1. The first-order valence-corrected chi connectivity index (χ1v) is 4.73. The van der Waals surface area contributed by atoms with Crippen LogP contribution in [0.5, 0.6) is 0 Å². The first-order valence-electron chi connectivity index (χ1n) is 4.35. The summed E-state index contributed by atoms with van der Waals surface area (Å²) in [6, 6.07) is 0. The van der Waals surface area contributed by atoms with Crippen molar-refractivity contribution >= 4 is 17.4 Å². The molecule has 0 amide bonds. The average molecular weight is 216 g/mol. The van der Waals surface area contributed by atoms with E-state index in [-0.39, 0.29) is 0 Å². The average Bonchev–Trinajstić information content (AvgIpc) is 2.17. The SMILES string of the molecule is CCC(C)(N)N(C)c1nnncc1Cl. The second-order valence-electron chi connectivity index (χ2n) is 3.38.